The van der Waals surface area contributed by atoms with Crippen LogP contribution in [0.5, 0.6) is 0 Å². The van der Waals surface area contributed by atoms with E-state index in [1.54, 1.807) is 6.07 Å². The SMILES string of the molecule is Cc1ccc(CNC2CCc3cc(F)ccc32)o1. The molecular formula is C15H16FNO. The maximum absolute atomic E-state index is 13.1. The van der Waals surface area contributed by atoms with Crippen LogP contribution in [-0.4, -0.2) is 0 Å². The average molecular weight is 245 g/mol. The van der Waals surface area contributed by atoms with Gasteiger partial charge in [0.25, 0.3) is 0 Å². The molecule has 1 aromatic carbocycles. The highest BCUT2D eigenvalue weighted by atomic mass is 19.1. The second kappa shape index (κ2) is 4.58. The van der Waals surface area contributed by atoms with E-state index in [1.807, 2.05) is 25.1 Å². The highest BCUT2D eigenvalue weighted by Gasteiger charge is 2.22. The Morgan fingerprint density at radius 1 is 1.33 bits per heavy atom. The van der Waals surface area contributed by atoms with Crippen LogP contribution in [0.15, 0.2) is 34.7 Å². The van der Waals surface area contributed by atoms with E-state index in [2.05, 4.69) is 5.32 Å². The maximum Gasteiger partial charge on any atom is 0.123 e. The van der Waals surface area contributed by atoms with Crippen LogP contribution < -0.4 is 5.32 Å². The molecule has 0 saturated heterocycles. The Bertz CT molecular complexity index is 561. The van der Waals surface area contributed by atoms with Crippen LogP contribution >= 0.6 is 0 Å². The molecule has 0 aliphatic heterocycles. The van der Waals surface area contributed by atoms with Crippen LogP contribution in [0.4, 0.5) is 4.39 Å². The lowest BCUT2D eigenvalue weighted by molar-refractivity contribution is 0.434. The summed E-state index contributed by atoms with van der Waals surface area (Å²) in [6.07, 6.45) is 1.97. The van der Waals surface area contributed by atoms with Gasteiger partial charge in [-0.15, -0.1) is 0 Å². The standard InChI is InChI=1S/C15H16FNO/c1-10-2-5-13(18-10)9-17-15-7-3-11-8-12(16)4-6-14(11)15/h2,4-6,8,15,17H,3,7,9H2,1H3. The van der Waals surface area contributed by atoms with Crippen molar-refractivity contribution in [3.8, 4) is 0 Å². The summed E-state index contributed by atoms with van der Waals surface area (Å²) < 4.78 is 18.6. The third-order valence-corrected chi connectivity index (χ3v) is 3.50. The molecule has 1 aliphatic carbocycles. The predicted molar refractivity (Wildman–Crippen MR) is 67.7 cm³/mol. The number of nitrogens with one attached hydrogen (secondary N) is 1. The maximum atomic E-state index is 13.1. The molecule has 1 heterocycles. The van der Waals surface area contributed by atoms with Crippen molar-refractivity contribution < 1.29 is 8.81 Å². The van der Waals surface area contributed by atoms with E-state index < -0.39 is 0 Å². The first-order valence-corrected chi connectivity index (χ1v) is 6.29. The molecule has 0 saturated carbocycles. The zero-order valence-electron chi connectivity index (χ0n) is 10.4. The molecule has 3 heteroatoms. The van der Waals surface area contributed by atoms with Gasteiger partial charge >= 0.3 is 0 Å². The average Bonchev–Trinajstić information content (AvgIpc) is 2.92. The quantitative estimate of drug-likeness (QED) is 0.895. The van der Waals surface area contributed by atoms with Gasteiger partial charge in [0.15, 0.2) is 0 Å². The Kier molecular flexibility index (Phi) is 2.92. The molecule has 3 rings (SSSR count). The highest BCUT2D eigenvalue weighted by molar-refractivity contribution is 5.35. The number of hydrogen-bond donors (Lipinski definition) is 1. The topological polar surface area (TPSA) is 25.2 Å². The van der Waals surface area contributed by atoms with E-state index in [9.17, 15) is 4.39 Å². The number of fused-ring (bicyclic) bond motifs is 1. The Morgan fingerprint density at radius 3 is 3.00 bits per heavy atom. The Balaban J connectivity index is 1.69. The van der Waals surface area contributed by atoms with Gasteiger partial charge in [0, 0.05) is 6.04 Å². The molecule has 1 aliphatic rings. The molecule has 0 bridgehead atoms. The van der Waals surface area contributed by atoms with Gasteiger partial charge in [0.2, 0.25) is 0 Å². The van der Waals surface area contributed by atoms with Crippen LogP contribution in [-0.2, 0) is 13.0 Å². The summed E-state index contributed by atoms with van der Waals surface area (Å²) in [5.41, 5.74) is 2.35. The second-order valence-corrected chi connectivity index (χ2v) is 4.83. The number of rotatable bonds is 3. The van der Waals surface area contributed by atoms with Crippen molar-refractivity contribution in [3.05, 3.63) is 58.8 Å². The molecule has 1 aromatic heterocycles. The molecule has 1 atom stereocenters. The van der Waals surface area contributed by atoms with Crippen molar-refractivity contribution in [1.29, 1.82) is 0 Å². The minimum Gasteiger partial charge on any atom is -0.465 e. The van der Waals surface area contributed by atoms with Gasteiger partial charge in [-0.05, 0) is 55.2 Å². The molecular weight excluding hydrogens is 229 g/mol. The normalized spacial score (nSPS) is 18.0. The van der Waals surface area contributed by atoms with Gasteiger partial charge in [-0.2, -0.15) is 0 Å². The molecule has 2 aromatic rings. The molecule has 1 N–H and O–H groups in total. The lowest BCUT2D eigenvalue weighted by Crippen LogP contribution is -2.18. The lowest BCUT2D eigenvalue weighted by atomic mass is 10.1. The fourth-order valence-corrected chi connectivity index (χ4v) is 2.60. The second-order valence-electron chi connectivity index (χ2n) is 4.83. The molecule has 2 nitrogen and oxygen atoms in total. The Hall–Kier alpha value is -1.61. The van der Waals surface area contributed by atoms with Crippen molar-refractivity contribution in [2.45, 2.75) is 32.4 Å². The summed E-state index contributed by atoms with van der Waals surface area (Å²) in [4.78, 5) is 0. The zero-order valence-corrected chi connectivity index (χ0v) is 10.4. The third kappa shape index (κ3) is 2.18. The van der Waals surface area contributed by atoms with E-state index in [-0.39, 0.29) is 5.82 Å². The minimum absolute atomic E-state index is 0.143. The van der Waals surface area contributed by atoms with Gasteiger partial charge in [-0.25, -0.2) is 4.39 Å². The first-order valence-electron chi connectivity index (χ1n) is 6.29. The van der Waals surface area contributed by atoms with Crippen LogP contribution in [0.3, 0.4) is 0 Å². The van der Waals surface area contributed by atoms with E-state index in [4.69, 9.17) is 4.42 Å². The van der Waals surface area contributed by atoms with E-state index in [1.165, 1.54) is 11.6 Å². The fraction of sp³-hybridized carbons (Fsp3) is 0.333. The van der Waals surface area contributed by atoms with Gasteiger partial charge < -0.3 is 9.73 Å². The van der Waals surface area contributed by atoms with Crippen molar-refractivity contribution in [1.82, 2.24) is 5.32 Å². The van der Waals surface area contributed by atoms with Gasteiger partial charge in [0.1, 0.15) is 17.3 Å². The van der Waals surface area contributed by atoms with E-state index >= 15 is 0 Å². The molecule has 0 spiro atoms. The fourth-order valence-electron chi connectivity index (χ4n) is 2.60. The van der Waals surface area contributed by atoms with E-state index in [0.29, 0.717) is 6.04 Å². The Morgan fingerprint density at radius 2 is 2.22 bits per heavy atom. The van der Waals surface area contributed by atoms with Crippen LogP contribution in [0.2, 0.25) is 0 Å². The predicted octanol–water partition coefficient (Wildman–Crippen LogP) is 3.50. The van der Waals surface area contributed by atoms with Crippen molar-refractivity contribution in [3.63, 3.8) is 0 Å². The number of hydrogen-bond acceptors (Lipinski definition) is 2. The monoisotopic (exact) mass is 245 g/mol. The molecule has 0 fully saturated rings. The Labute approximate surface area is 106 Å². The summed E-state index contributed by atoms with van der Waals surface area (Å²) in [5, 5.41) is 3.47. The third-order valence-electron chi connectivity index (χ3n) is 3.50. The first kappa shape index (κ1) is 11.5. The minimum atomic E-state index is -0.143. The van der Waals surface area contributed by atoms with Gasteiger partial charge in [-0.1, -0.05) is 6.07 Å². The van der Waals surface area contributed by atoms with Crippen molar-refractivity contribution in [2.24, 2.45) is 0 Å². The number of furan rings is 1. The van der Waals surface area contributed by atoms with Crippen molar-refractivity contribution >= 4 is 0 Å². The summed E-state index contributed by atoms with van der Waals surface area (Å²) >= 11 is 0. The molecule has 94 valence electrons. The first-order chi connectivity index (χ1) is 8.72. The molecule has 0 radical (unpaired) electrons. The number of aryl methyl sites for hydroxylation is 2. The van der Waals surface area contributed by atoms with Crippen LogP contribution in [0, 0.1) is 12.7 Å². The summed E-state index contributed by atoms with van der Waals surface area (Å²) in [5.74, 6) is 1.74. The molecule has 1 unspecified atom stereocenters. The summed E-state index contributed by atoms with van der Waals surface area (Å²) in [7, 11) is 0. The van der Waals surface area contributed by atoms with Crippen LogP contribution in [0.1, 0.15) is 35.1 Å². The molecule has 18 heavy (non-hydrogen) atoms. The summed E-state index contributed by atoms with van der Waals surface area (Å²) in [6, 6.07) is 9.34. The zero-order chi connectivity index (χ0) is 12.5. The van der Waals surface area contributed by atoms with Gasteiger partial charge in [0.05, 0.1) is 6.54 Å². The van der Waals surface area contributed by atoms with Gasteiger partial charge in [-0.3, -0.25) is 0 Å². The molecule has 0 amide bonds. The van der Waals surface area contributed by atoms with Crippen molar-refractivity contribution in [2.75, 3.05) is 0 Å². The van der Waals surface area contributed by atoms with E-state index in [0.717, 1.165) is 36.5 Å². The number of halogens is 1. The smallest absolute Gasteiger partial charge is 0.123 e. The van der Waals surface area contributed by atoms with Crippen LogP contribution in [0.25, 0.3) is 0 Å². The highest BCUT2D eigenvalue weighted by Crippen LogP contribution is 2.31. The summed E-state index contributed by atoms with van der Waals surface area (Å²) in [6.45, 7) is 2.66. The largest absolute Gasteiger partial charge is 0.465 e. The number of benzene rings is 1. The lowest BCUT2D eigenvalue weighted by Gasteiger charge is -2.12.